The minimum atomic E-state index is -0.877. The maximum absolute atomic E-state index is 12.9. The predicted molar refractivity (Wildman–Crippen MR) is 114 cm³/mol. The zero-order chi connectivity index (χ0) is 22.3. The van der Waals surface area contributed by atoms with Crippen LogP contribution in [-0.4, -0.2) is 41.8 Å². The van der Waals surface area contributed by atoms with Gasteiger partial charge in [-0.3, -0.25) is 14.4 Å². The van der Waals surface area contributed by atoms with Crippen LogP contribution in [0.4, 0.5) is 4.39 Å². The van der Waals surface area contributed by atoms with Crippen LogP contribution >= 0.6 is 23.2 Å². The Morgan fingerprint density at radius 1 is 1.10 bits per heavy atom. The van der Waals surface area contributed by atoms with Gasteiger partial charge in [0.2, 0.25) is 11.8 Å². The molecule has 0 saturated carbocycles. The second-order valence-electron chi connectivity index (χ2n) is 6.55. The lowest BCUT2D eigenvalue weighted by Crippen LogP contribution is -2.49. The van der Waals surface area contributed by atoms with Gasteiger partial charge in [-0.2, -0.15) is 0 Å². The van der Waals surface area contributed by atoms with Crippen molar-refractivity contribution in [3.8, 4) is 0 Å². The maximum atomic E-state index is 12.9. The summed E-state index contributed by atoms with van der Waals surface area (Å²) in [5.74, 6) is -1.69. The van der Waals surface area contributed by atoms with E-state index in [1.165, 1.54) is 30.0 Å². The van der Waals surface area contributed by atoms with Crippen LogP contribution in [0.25, 0.3) is 0 Å². The van der Waals surface area contributed by atoms with Crippen molar-refractivity contribution in [1.29, 1.82) is 0 Å². The van der Waals surface area contributed by atoms with Gasteiger partial charge in [0, 0.05) is 13.1 Å². The van der Waals surface area contributed by atoms with Crippen LogP contribution in [-0.2, 0) is 16.1 Å². The number of halogens is 3. The molecule has 0 fully saturated rings. The quantitative estimate of drug-likeness (QED) is 0.642. The van der Waals surface area contributed by atoms with E-state index in [2.05, 4.69) is 10.6 Å². The third kappa shape index (κ3) is 6.43. The summed E-state index contributed by atoms with van der Waals surface area (Å²) in [6.45, 7) is 3.57. The van der Waals surface area contributed by atoms with Gasteiger partial charge in [-0.05, 0) is 43.7 Å². The van der Waals surface area contributed by atoms with Gasteiger partial charge in [0.05, 0.1) is 22.2 Å². The fraction of sp³-hybridized carbons (Fsp3) is 0.286. The summed E-state index contributed by atoms with van der Waals surface area (Å²) in [6, 6.07) is 9.50. The number of likely N-dealkylation sites (N-methyl/N-ethyl adjacent to an activating group) is 1. The van der Waals surface area contributed by atoms with Crippen LogP contribution in [0.2, 0.25) is 10.0 Å². The molecule has 0 aliphatic heterocycles. The summed E-state index contributed by atoms with van der Waals surface area (Å²) in [7, 11) is 0. The molecule has 2 rings (SSSR count). The smallest absolute Gasteiger partial charge is 0.253 e. The SMILES string of the molecule is CCN(CC(=O)NCc1ccc(F)cc1)C(=O)C(C)NC(=O)c1cccc(Cl)c1Cl. The molecule has 0 bridgehead atoms. The fourth-order valence-corrected chi connectivity index (χ4v) is 3.05. The summed E-state index contributed by atoms with van der Waals surface area (Å²) in [5, 5.41) is 5.59. The first-order valence-corrected chi connectivity index (χ1v) is 10.0. The first-order chi connectivity index (χ1) is 14.2. The van der Waals surface area contributed by atoms with Crippen LogP contribution in [0.3, 0.4) is 0 Å². The van der Waals surface area contributed by atoms with Gasteiger partial charge in [-0.25, -0.2) is 4.39 Å². The molecule has 9 heteroatoms. The van der Waals surface area contributed by atoms with Gasteiger partial charge in [-0.1, -0.05) is 41.4 Å². The zero-order valence-corrected chi connectivity index (χ0v) is 18.1. The molecule has 0 aromatic heterocycles. The first kappa shape index (κ1) is 23.6. The average Bonchev–Trinajstić information content (AvgIpc) is 2.72. The van der Waals surface area contributed by atoms with Gasteiger partial charge in [0.15, 0.2) is 0 Å². The molecule has 1 unspecified atom stereocenters. The molecule has 0 heterocycles. The fourth-order valence-electron chi connectivity index (χ4n) is 2.67. The standard InChI is InChI=1S/C21H22Cl2FN3O3/c1-3-27(12-18(28)25-11-14-7-9-15(24)10-8-14)21(30)13(2)26-20(29)16-5-4-6-17(22)19(16)23/h4-10,13H,3,11-12H2,1-2H3,(H,25,28)(H,26,29). The van der Waals surface area contributed by atoms with Crippen LogP contribution in [0.15, 0.2) is 42.5 Å². The molecule has 0 saturated heterocycles. The minimum absolute atomic E-state index is 0.101. The Morgan fingerprint density at radius 3 is 2.40 bits per heavy atom. The Morgan fingerprint density at radius 2 is 1.77 bits per heavy atom. The van der Waals surface area contributed by atoms with E-state index in [0.29, 0.717) is 0 Å². The second kappa shape index (κ2) is 10.9. The Bertz CT molecular complexity index is 922. The van der Waals surface area contributed by atoms with Crippen molar-refractivity contribution in [3.05, 3.63) is 69.5 Å². The lowest BCUT2D eigenvalue weighted by Gasteiger charge is -2.24. The molecule has 0 aliphatic carbocycles. The molecule has 1 atom stereocenters. The number of rotatable bonds is 8. The van der Waals surface area contributed by atoms with Crippen LogP contribution in [0.1, 0.15) is 29.8 Å². The number of hydrogen-bond acceptors (Lipinski definition) is 3. The molecule has 0 radical (unpaired) electrons. The van der Waals surface area contributed by atoms with Gasteiger partial charge in [0.25, 0.3) is 5.91 Å². The Hall–Kier alpha value is -2.64. The highest BCUT2D eigenvalue weighted by Crippen LogP contribution is 2.25. The molecule has 2 aromatic rings. The average molecular weight is 454 g/mol. The summed E-state index contributed by atoms with van der Waals surface area (Å²) >= 11 is 12.0. The third-order valence-electron chi connectivity index (χ3n) is 4.35. The summed E-state index contributed by atoms with van der Waals surface area (Å²) in [6.07, 6.45) is 0. The third-order valence-corrected chi connectivity index (χ3v) is 5.16. The predicted octanol–water partition coefficient (Wildman–Crippen LogP) is 3.42. The van der Waals surface area contributed by atoms with E-state index < -0.39 is 17.9 Å². The molecule has 3 amide bonds. The van der Waals surface area contributed by atoms with Gasteiger partial charge in [-0.15, -0.1) is 0 Å². The second-order valence-corrected chi connectivity index (χ2v) is 7.34. The van der Waals surface area contributed by atoms with E-state index in [0.717, 1.165) is 5.56 Å². The maximum Gasteiger partial charge on any atom is 0.253 e. The molecule has 30 heavy (non-hydrogen) atoms. The van der Waals surface area contributed by atoms with Crippen molar-refractivity contribution in [2.24, 2.45) is 0 Å². The highest BCUT2D eigenvalue weighted by atomic mass is 35.5. The molecule has 160 valence electrons. The van der Waals surface area contributed by atoms with Crippen molar-refractivity contribution < 1.29 is 18.8 Å². The van der Waals surface area contributed by atoms with Crippen LogP contribution < -0.4 is 10.6 Å². The van der Waals surface area contributed by atoms with E-state index >= 15 is 0 Å². The topological polar surface area (TPSA) is 78.5 Å². The molecule has 2 N–H and O–H groups in total. The molecule has 2 aromatic carbocycles. The lowest BCUT2D eigenvalue weighted by atomic mass is 10.2. The monoisotopic (exact) mass is 453 g/mol. The normalized spacial score (nSPS) is 11.5. The van der Waals surface area contributed by atoms with Crippen molar-refractivity contribution >= 4 is 40.9 Å². The molecular formula is C21H22Cl2FN3O3. The van der Waals surface area contributed by atoms with Crippen LogP contribution in [0.5, 0.6) is 0 Å². The number of amides is 3. The Labute approximate surface area is 184 Å². The van der Waals surface area contributed by atoms with Gasteiger partial charge >= 0.3 is 0 Å². The molecule has 0 aliphatic rings. The minimum Gasteiger partial charge on any atom is -0.350 e. The van der Waals surface area contributed by atoms with Gasteiger partial charge < -0.3 is 15.5 Å². The summed E-state index contributed by atoms with van der Waals surface area (Å²) in [5.41, 5.74) is 0.891. The van der Waals surface area contributed by atoms with Gasteiger partial charge in [0.1, 0.15) is 11.9 Å². The van der Waals surface area contributed by atoms with E-state index in [9.17, 15) is 18.8 Å². The Balaban J connectivity index is 1.92. The van der Waals surface area contributed by atoms with Crippen molar-refractivity contribution in [2.75, 3.05) is 13.1 Å². The van der Waals surface area contributed by atoms with Crippen molar-refractivity contribution in [3.63, 3.8) is 0 Å². The number of nitrogens with zero attached hydrogens (tertiary/aromatic N) is 1. The zero-order valence-electron chi connectivity index (χ0n) is 16.5. The molecular weight excluding hydrogens is 432 g/mol. The number of hydrogen-bond donors (Lipinski definition) is 2. The number of carbonyl (C=O) groups excluding carboxylic acids is 3. The first-order valence-electron chi connectivity index (χ1n) is 9.27. The van der Waals surface area contributed by atoms with E-state index in [4.69, 9.17) is 23.2 Å². The molecule has 6 nitrogen and oxygen atoms in total. The molecule has 0 spiro atoms. The van der Waals surface area contributed by atoms with E-state index in [-0.39, 0.29) is 47.0 Å². The largest absolute Gasteiger partial charge is 0.350 e. The Kier molecular flexibility index (Phi) is 8.62. The van der Waals surface area contributed by atoms with E-state index in [1.807, 2.05) is 0 Å². The van der Waals surface area contributed by atoms with Crippen LogP contribution in [0, 0.1) is 5.82 Å². The summed E-state index contributed by atoms with van der Waals surface area (Å²) < 4.78 is 12.9. The number of benzene rings is 2. The van der Waals surface area contributed by atoms with Crippen molar-refractivity contribution in [2.45, 2.75) is 26.4 Å². The number of nitrogens with one attached hydrogen (secondary N) is 2. The van der Waals surface area contributed by atoms with Crippen molar-refractivity contribution in [1.82, 2.24) is 15.5 Å². The van der Waals surface area contributed by atoms with E-state index in [1.54, 1.807) is 31.2 Å². The lowest BCUT2D eigenvalue weighted by molar-refractivity contribution is -0.137. The highest BCUT2D eigenvalue weighted by molar-refractivity contribution is 6.43. The highest BCUT2D eigenvalue weighted by Gasteiger charge is 2.24. The summed E-state index contributed by atoms with van der Waals surface area (Å²) in [4.78, 5) is 38.6. The number of carbonyl (C=O) groups is 3.